The van der Waals surface area contributed by atoms with Crippen LogP contribution in [0, 0.1) is 0 Å². The van der Waals surface area contributed by atoms with Gasteiger partial charge in [-0.3, -0.25) is 0 Å². The molecule has 18 heavy (non-hydrogen) atoms. The summed E-state index contributed by atoms with van der Waals surface area (Å²) in [6, 6.07) is 8.03. The van der Waals surface area contributed by atoms with E-state index < -0.39 is 0 Å². The van der Waals surface area contributed by atoms with Gasteiger partial charge in [-0.25, -0.2) is 0 Å². The van der Waals surface area contributed by atoms with E-state index in [9.17, 15) is 0 Å². The number of aromatic nitrogens is 3. The molecule has 0 spiro atoms. The van der Waals surface area contributed by atoms with Crippen LogP contribution in [0.15, 0.2) is 42.7 Å². The van der Waals surface area contributed by atoms with E-state index in [4.69, 9.17) is 5.73 Å². The second-order valence-corrected chi connectivity index (χ2v) is 5.08. The van der Waals surface area contributed by atoms with E-state index in [1.54, 1.807) is 6.33 Å². The number of nitrogens with two attached hydrogens (primary N) is 1. The van der Waals surface area contributed by atoms with Crippen molar-refractivity contribution >= 4 is 5.69 Å². The highest BCUT2D eigenvalue weighted by Crippen LogP contribution is 2.50. The summed E-state index contributed by atoms with van der Waals surface area (Å²) in [5, 5.41) is 8.28. The van der Waals surface area contributed by atoms with Gasteiger partial charge in [0.2, 0.25) is 0 Å². The maximum atomic E-state index is 5.89. The van der Waals surface area contributed by atoms with Crippen LogP contribution < -0.4 is 5.73 Å². The number of hydrogen-bond donors (Lipinski definition) is 1. The van der Waals surface area contributed by atoms with Crippen LogP contribution in [0.25, 0.3) is 0 Å². The second-order valence-electron chi connectivity index (χ2n) is 5.08. The number of benzene rings is 1. The van der Waals surface area contributed by atoms with Crippen LogP contribution in [0.4, 0.5) is 5.69 Å². The van der Waals surface area contributed by atoms with Crippen molar-refractivity contribution in [2.75, 3.05) is 5.73 Å². The van der Waals surface area contributed by atoms with Gasteiger partial charge in [-0.1, -0.05) is 24.3 Å². The molecule has 1 fully saturated rings. The average molecular weight is 240 g/mol. The van der Waals surface area contributed by atoms with E-state index in [0.29, 0.717) is 0 Å². The normalized spacial score (nSPS) is 17.5. The van der Waals surface area contributed by atoms with Crippen molar-refractivity contribution in [3.63, 3.8) is 0 Å². The molecule has 1 heterocycles. The highest BCUT2D eigenvalue weighted by molar-refractivity contribution is 5.49. The zero-order chi connectivity index (χ0) is 12.8. The quantitative estimate of drug-likeness (QED) is 0.645. The molecule has 1 aromatic carbocycles. The van der Waals surface area contributed by atoms with Crippen LogP contribution in [-0.4, -0.2) is 14.8 Å². The summed E-state index contributed by atoms with van der Waals surface area (Å²) in [6.45, 7) is 4.05. The zero-order valence-corrected chi connectivity index (χ0v) is 10.4. The van der Waals surface area contributed by atoms with Gasteiger partial charge in [0, 0.05) is 12.7 Å². The van der Waals surface area contributed by atoms with Gasteiger partial charge in [-0.2, -0.15) is 0 Å². The number of allylic oxidation sites excluding steroid dienone is 1. The molecule has 1 saturated carbocycles. The van der Waals surface area contributed by atoms with Gasteiger partial charge < -0.3 is 10.3 Å². The fourth-order valence-corrected chi connectivity index (χ4v) is 2.85. The molecule has 0 atom stereocenters. The number of nitrogens with zero attached hydrogens (tertiary/aromatic N) is 3. The second kappa shape index (κ2) is 3.70. The van der Waals surface area contributed by atoms with Gasteiger partial charge in [0.15, 0.2) is 0 Å². The third-order valence-electron chi connectivity index (χ3n) is 3.68. The average Bonchev–Trinajstić information content (AvgIpc) is 2.71. The smallest absolute Gasteiger partial charge is 0.143 e. The maximum absolute atomic E-state index is 5.89. The molecule has 1 aliphatic carbocycles. The van der Waals surface area contributed by atoms with Crippen molar-refractivity contribution in [2.45, 2.75) is 18.3 Å². The third-order valence-corrected chi connectivity index (χ3v) is 3.68. The van der Waals surface area contributed by atoms with E-state index >= 15 is 0 Å². The minimum absolute atomic E-state index is 0.0995. The molecule has 2 aromatic rings. The molecule has 1 aromatic heterocycles. The lowest BCUT2D eigenvalue weighted by atomic mass is 9.61. The zero-order valence-electron chi connectivity index (χ0n) is 10.4. The van der Waals surface area contributed by atoms with E-state index in [1.807, 2.05) is 29.8 Å². The molecule has 0 saturated heterocycles. The minimum atomic E-state index is -0.0995. The Labute approximate surface area is 106 Å². The van der Waals surface area contributed by atoms with Crippen molar-refractivity contribution < 1.29 is 0 Å². The maximum Gasteiger partial charge on any atom is 0.143 e. The summed E-state index contributed by atoms with van der Waals surface area (Å²) < 4.78 is 1.98. The first kappa shape index (κ1) is 11.0. The van der Waals surface area contributed by atoms with Gasteiger partial charge in [-0.05, 0) is 30.5 Å². The molecular formula is C14H16N4. The van der Waals surface area contributed by atoms with Crippen LogP contribution in [0.3, 0.4) is 0 Å². The van der Waals surface area contributed by atoms with Gasteiger partial charge in [0.25, 0.3) is 0 Å². The first-order valence-corrected chi connectivity index (χ1v) is 5.99. The fourth-order valence-electron chi connectivity index (χ4n) is 2.85. The topological polar surface area (TPSA) is 56.7 Å². The van der Waals surface area contributed by atoms with Crippen molar-refractivity contribution in [1.29, 1.82) is 0 Å². The van der Waals surface area contributed by atoms with Crippen LogP contribution in [-0.2, 0) is 12.5 Å². The fraction of sp³-hybridized carbons (Fsp3) is 0.286. The summed E-state index contributed by atoms with van der Waals surface area (Å²) in [7, 11) is 1.98. The van der Waals surface area contributed by atoms with E-state index in [0.717, 1.165) is 24.4 Å². The Morgan fingerprint density at radius 2 is 2.17 bits per heavy atom. The summed E-state index contributed by atoms with van der Waals surface area (Å²) in [4.78, 5) is 0. The third kappa shape index (κ3) is 1.45. The molecule has 3 rings (SSSR count). The molecular weight excluding hydrogens is 224 g/mol. The lowest BCUT2D eigenvalue weighted by Crippen LogP contribution is -2.39. The number of anilines is 1. The number of aryl methyl sites for hydroxylation is 1. The van der Waals surface area contributed by atoms with Gasteiger partial charge >= 0.3 is 0 Å². The molecule has 4 nitrogen and oxygen atoms in total. The van der Waals surface area contributed by atoms with Crippen molar-refractivity contribution in [3.8, 4) is 0 Å². The summed E-state index contributed by atoms with van der Waals surface area (Å²) in [5.41, 5.74) is 9.03. The molecule has 92 valence electrons. The van der Waals surface area contributed by atoms with Gasteiger partial charge in [0.05, 0.1) is 5.41 Å². The largest absolute Gasteiger partial charge is 0.399 e. The molecule has 0 aliphatic heterocycles. The standard InChI is InChI=1S/C14H16N4/c1-10-7-14(8-10,13-17-16-9-18(13)2)11-4-3-5-12(15)6-11/h3-6,9H,1,7-8,15H2,2H3. The van der Waals surface area contributed by atoms with Crippen molar-refractivity contribution in [2.24, 2.45) is 7.05 Å². The Morgan fingerprint density at radius 1 is 1.39 bits per heavy atom. The monoisotopic (exact) mass is 240 g/mol. The molecule has 0 amide bonds. The molecule has 2 N–H and O–H groups in total. The van der Waals surface area contributed by atoms with E-state index in [1.165, 1.54) is 11.1 Å². The van der Waals surface area contributed by atoms with Crippen LogP contribution in [0.1, 0.15) is 24.2 Å². The van der Waals surface area contributed by atoms with Crippen LogP contribution in [0.2, 0.25) is 0 Å². The first-order valence-electron chi connectivity index (χ1n) is 5.99. The molecule has 1 aliphatic rings. The first-order chi connectivity index (χ1) is 8.62. The van der Waals surface area contributed by atoms with E-state index in [-0.39, 0.29) is 5.41 Å². The predicted molar refractivity (Wildman–Crippen MR) is 71.0 cm³/mol. The SMILES string of the molecule is C=C1CC(c2cccc(N)c2)(c2nncn2C)C1. The Hall–Kier alpha value is -2.10. The Bertz CT molecular complexity index is 604. The van der Waals surface area contributed by atoms with Crippen LogP contribution in [0.5, 0.6) is 0 Å². The number of rotatable bonds is 2. The number of nitrogen functional groups attached to an aromatic ring is 1. The van der Waals surface area contributed by atoms with Crippen molar-refractivity contribution in [1.82, 2.24) is 14.8 Å². The minimum Gasteiger partial charge on any atom is -0.399 e. The Morgan fingerprint density at radius 3 is 2.72 bits per heavy atom. The highest BCUT2D eigenvalue weighted by Gasteiger charge is 2.46. The summed E-state index contributed by atoms with van der Waals surface area (Å²) in [6.07, 6.45) is 3.58. The molecule has 0 bridgehead atoms. The van der Waals surface area contributed by atoms with E-state index in [2.05, 4.69) is 22.8 Å². The Balaban J connectivity index is 2.14. The number of hydrogen-bond acceptors (Lipinski definition) is 3. The molecule has 0 unspecified atom stereocenters. The predicted octanol–water partition coefficient (Wildman–Crippen LogP) is 2.03. The molecule has 0 radical (unpaired) electrons. The van der Waals surface area contributed by atoms with Gasteiger partial charge in [0.1, 0.15) is 12.2 Å². The van der Waals surface area contributed by atoms with Crippen LogP contribution >= 0.6 is 0 Å². The van der Waals surface area contributed by atoms with Gasteiger partial charge in [-0.15, -0.1) is 10.2 Å². The highest BCUT2D eigenvalue weighted by atomic mass is 15.3. The Kier molecular flexibility index (Phi) is 2.26. The summed E-state index contributed by atoms with van der Waals surface area (Å²) >= 11 is 0. The summed E-state index contributed by atoms with van der Waals surface area (Å²) in [5.74, 6) is 0.987. The lowest BCUT2D eigenvalue weighted by molar-refractivity contribution is 0.370. The molecule has 4 heteroatoms. The lowest BCUT2D eigenvalue weighted by Gasteiger charge is -2.43. The van der Waals surface area contributed by atoms with Crippen molar-refractivity contribution in [3.05, 3.63) is 54.1 Å².